The summed E-state index contributed by atoms with van der Waals surface area (Å²) in [4.78, 5) is 13.3. The summed E-state index contributed by atoms with van der Waals surface area (Å²) in [5, 5.41) is 21.9. The van der Waals surface area contributed by atoms with E-state index in [0.29, 0.717) is 22.8 Å². The summed E-state index contributed by atoms with van der Waals surface area (Å²) in [6.45, 7) is 4.15. The molecule has 2 N–H and O–H groups in total. The van der Waals surface area contributed by atoms with E-state index in [1.807, 2.05) is 22.9 Å². The lowest BCUT2D eigenvalue weighted by atomic mass is 10.1. The highest BCUT2D eigenvalue weighted by Crippen LogP contribution is 2.32. The quantitative estimate of drug-likeness (QED) is 0.459. The lowest BCUT2D eigenvalue weighted by molar-refractivity contribution is 0.102. The van der Waals surface area contributed by atoms with Crippen LogP contribution in [-0.2, 0) is 12.8 Å². The van der Waals surface area contributed by atoms with Gasteiger partial charge in [-0.1, -0.05) is 33.6 Å². The number of benzene rings is 2. The predicted octanol–water partition coefficient (Wildman–Crippen LogP) is 4.17. The number of anilines is 1. The van der Waals surface area contributed by atoms with Gasteiger partial charge >= 0.3 is 0 Å². The van der Waals surface area contributed by atoms with Gasteiger partial charge in [0.2, 0.25) is 5.82 Å². The van der Waals surface area contributed by atoms with E-state index in [2.05, 4.69) is 73.9 Å². The first-order chi connectivity index (χ1) is 15.0. The van der Waals surface area contributed by atoms with Crippen LogP contribution in [-0.4, -0.2) is 36.3 Å². The molecule has 0 spiro atoms. The highest BCUT2D eigenvalue weighted by Gasteiger charge is 2.28. The minimum atomic E-state index is -0.242. The molecule has 2 heterocycles. The van der Waals surface area contributed by atoms with Crippen molar-refractivity contribution in [2.24, 2.45) is 0 Å². The van der Waals surface area contributed by atoms with E-state index in [1.165, 1.54) is 5.56 Å². The van der Waals surface area contributed by atoms with E-state index in [-0.39, 0.29) is 5.91 Å². The monoisotopic (exact) mass is 477 g/mol. The van der Waals surface area contributed by atoms with Crippen LogP contribution < -0.4 is 5.32 Å². The molecule has 9 heteroatoms. The number of carbonyl (C=O) groups excluding carboxylic acids is 1. The molecule has 0 saturated carbocycles. The van der Waals surface area contributed by atoms with Crippen LogP contribution in [0.5, 0.6) is 0 Å². The Balaban J connectivity index is 1.53. The molecule has 0 saturated heterocycles. The Morgan fingerprint density at radius 2 is 2.03 bits per heavy atom. The number of aromatic amines is 1. The Morgan fingerprint density at radius 1 is 1.16 bits per heavy atom. The summed E-state index contributed by atoms with van der Waals surface area (Å²) < 4.78 is 2.79. The predicted molar refractivity (Wildman–Crippen MR) is 120 cm³/mol. The second-order valence-electron chi connectivity index (χ2n) is 7.71. The SMILES string of the molecule is Cc1ccc(-n2nc(C(=O)Nc3ccc(Br)cc3-c3nn[nH]n3)c3c2CCC3)c(C)c1. The van der Waals surface area contributed by atoms with Crippen LogP contribution in [0.15, 0.2) is 40.9 Å². The van der Waals surface area contributed by atoms with Gasteiger partial charge in [0, 0.05) is 21.3 Å². The molecule has 0 unspecified atom stereocenters. The van der Waals surface area contributed by atoms with Crippen LogP contribution in [0, 0.1) is 13.8 Å². The van der Waals surface area contributed by atoms with Gasteiger partial charge in [0.25, 0.3) is 5.91 Å². The van der Waals surface area contributed by atoms with Crippen LogP contribution in [0.2, 0.25) is 0 Å². The number of rotatable bonds is 4. The first-order valence-electron chi connectivity index (χ1n) is 10.0. The Labute approximate surface area is 187 Å². The third-order valence-electron chi connectivity index (χ3n) is 5.54. The van der Waals surface area contributed by atoms with E-state index in [1.54, 1.807) is 0 Å². The van der Waals surface area contributed by atoms with Crippen molar-refractivity contribution in [1.82, 2.24) is 30.4 Å². The molecule has 2 aromatic carbocycles. The number of tetrazole rings is 1. The number of aromatic nitrogens is 6. The van der Waals surface area contributed by atoms with Gasteiger partial charge in [0.05, 0.1) is 11.4 Å². The Hall–Kier alpha value is -3.33. The minimum absolute atomic E-state index is 0.242. The minimum Gasteiger partial charge on any atom is -0.320 e. The molecule has 0 aliphatic heterocycles. The van der Waals surface area contributed by atoms with Crippen molar-refractivity contribution in [3.8, 4) is 17.1 Å². The standard InChI is InChI=1S/C22H20BrN7O/c1-12-6-9-18(13(2)10-12)30-19-5-3-4-15(19)20(27-30)22(31)24-17-8-7-14(23)11-16(17)21-25-28-29-26-21/h6-11H,3-5H2,1-2H3,(H,24,31)(H,25,26,28,29). The molecule has 0 fully saturated rings. The molecule has 1 aliphatic carbocycles. The van der Waals surface area contributed by atoms with E-state index in [9.17, 15) is 4.79 Å². The van der Waals surface area contributed by atoms with Crippen LogP contribution in [0.1, 0.15) is 39.3 Å². The van der Waals surface area contributed by atoms with Crippen molar-refractivity contribution < 1.29 is 4.79 Å². The van der Waals surface area contributed by atoms with Crippen LogP contribution in [0.4, 0.5) is 5.69 Å². The molecule has 0 bridgehead atoms. The summed E-state index contributed by atoms with van der Waals surface area (Å²) >= 11 is 3.46. The number of fused-ring (bicyclic) bond motifs is 1. The third-order valence-corrected chi connectivity index (χ3v) is 6.04. The first kappa shape index (κ1) is 19.6. The molecule has 0 radical (unpaired) electrons. The van der Waals surface area contributed by atoms with Gasteiger partial charge in [0.1, 0.15) is 0 Å². The van der Waals surface area contributed by atoms with Crippen molar-refractivity contribution >= 4 is 27.5 Å². The number of hydrogen-bond acceptors (Lipinski definition) is 5. The number of nitrogens with one attached hydrogen (secondary N) is 2. The van der Waals surface area contributed by atoms with E-state index < -0.39 is 0 Å². The second kappa shape index (κ2) is 7.73. The fraction of sp³-hybridized carbons (Fsp3) is 0.227. The lowest BCUT2D eigenvalue weighted by Crippen LogP contribution is -2.16. The molecule has 156 valence electrons. The number of H-pyrrole nitrogens is 1. The number of carbonyl (C=O) groups is 1. The van der Waals surface area contributed by atoms with E-state index in [0.717, 1.165) is 46.2 Å². The summed E-state index contributed by atoms with van der Waals surface area (Å²) in [6.07, 6.45) is 2.78. The fourth-order valence-electron chi connectivity index (χ4n) is 4.13. The summed E-state index contributed by atoms with van der Waals surface area (Å²) in [7, 11) is 0. The summed E-state index contributed by atoms with van der Waals surface area (Å²) in [6, 6.07) is 11.8. The second-order valence-corrected chi connectivity index (χ2v) is 8.62. The maximum absolute atomic E-state index is 13.3. The molecule has 5 rings (SSSR count). The van der Waals surface area contributed by atoms with Gasteiger partial charge in [-0.3, -0.25) is 4.79 Å². The molecule has 1 amide bonds. The van der Waals surface area contributed by atoms with E-state index >= 15 is 0 Å². The smallest absolute Gasteiger partial charge is 0.276 e. The van der Waals surface area contributed by atoms with Gasteiger partial charge in [-0.25, -0.2) is 4.68 Å². The highest BCUT2D eigenvalue weighted by atomic mass is 79.9. The van der Waals surface area contributed by atoms with Crippen LogP contribution in [0.25, 0.3) is 17.1 Å². The van der Waals surface area contributed by atoms with Crippen molar-refractivity contribution in [3.05, 3.63) is 68.9 Å². The first-order valence-corrected chi connectivity index (χ1v) is 10.8. The zero-order valence-electron chi connectivity index (χ0n) is 17.1. The summed E-state index contributed by atoms with van der Waals surface area (Å²) in [5.41, 5.74) is 7.23. The molecule has 4 aromatic rings. The lowest BCUT2D eigenvalue weighted by Gasteiger charge is -2.10. The zero-order valence-corrected chi connectivity index (χ0v) is 18.7. The number of amides is 1. The van der Waals surface area contributed by atoms with Gasteiger partial charge < -0.3 is 5.32 Å². The topological polar surface area (TPSA) is 101 Å². The molecular formula is C22H20BrN7O. The Morgan fingerprint density at radius 3 is 2.81 bits per heavy atom. The molecule has 8 nitrogen and oxygen atoms in total. The number of nitrogens with zero attached hydrogens (tertiary/aromatic N) is 5. The van der Waals surface area contributed by atoms with E-state index in [4.69, 9.17) is 5.10 Å². The Kier molecular flexibility index (Phi) is 4.90. The van der Waals surface area contributed by atoms with Gasteiger partial charge in [-0.05, 0) is 68.2 Å². The molecule has 31 heavy (non-hydrogen) atoms. The van der Waals surface area contributed by atoms with Crippen LogP contribution in [0.3, 0.4) is 0 Å². The number of halogens is 1. The van der Waals surface area contributed by atoms with Crippen molar-refractivity contribution in [1.29, 1.82) is 0 Å². The maximum Gasteiger partial charge on any atom is 0.276 e. The van der Waals surface area contributed by atoms with Gasteiger partial charge in [-0.2, -0.15) is 10.3 Å². The number of aryl methyl sites for hydroxylation is 2. The Bertz CT molecular complexity index is 1290. The average molecular weight is 478 g/mol. The highest BCUT2D eigenvalue weighted by molar-refractivity contribution is 9.10. The fourth-order valence-corrected chi connectivity index (χ4v) is 4.49. The third kappa shape index (κ3) is 3.54. The zero-order chi connectivity index (χ0) is 21.5. The van der Waals surface area contributed by atoms with Gasteiger partial charge in [-0.15, -0.1) is 10.2 Å². The van der Waals surface area contributed by atoms with Crippen molar-refractivity contribution in [2.45, 2.75) is 33.1 Å². The van der Waals surface area contributed by atoms with Crippen molar-refractivity contribution in [2.75, 3.05) is 5.32 Å². The molecule has 1 aliphatic rings. The van der Waals surface area contributed by atoms with Gasteiger partial charge in [0.15, 0.2) is 5.69 Å². The maximum atomic E-state index is 13.3. The van der Waals surface area contributed by atoms with Crippen LogP contribution >= 0.6 is 15.9 Å². The normalized spacial score (nSPS) is 12.7. The number of hydrogen-bond donors (Lipinski definition) is 2. The summed E-state index contributed by atoms with van der Waals surface area (Å²) in [5.74, 6) is 0.163. The van der Waals surface area contributed by atoms with Crippen molar-refractivity contribution in [3.63, 3.8) is 0 Å². The largest absolute Gasteiger partial charge is 0.320 e. The molecule has 2 aromatic heterocycles. The molecular weight excluding hydrogens is 458 g/mol. The molecule has 0 atom stereocenters. The average Bonchev–Trinajstić information content (AvgIpc) is 3.47.